The van der Waals surface area contributed by atoms with E-state index in [9.17, 15) is 0 Å². The Balaban J connectivity index is 1.93. The number of hydrogen-bond donors (Lipinski definition) is 1. The van der Waals surface area contributed by atoms with Crippen LogP contribution in [0, 0.1) is 0 Å². The average Bonchev–Trinajstić information content (AvgIpc) is 2.93. The molecular formula is C16H19BrClNS2. The third kappa shape index (κ3) is 3.56. The van der Waals surface area contributed by atoms with Crippen LogP contribution in [0.1, 0.15) is 52.4 Å². The van der Waals surface area contributed by atoms with Gasteiger partial charge in [0.05, 0.1) is 14.9 Å². The zero-order valence-corrected chi connectivity index (χ0v) is 16.0. The van der Waals surface area contributed by atoms with Gasteiger partial charge in [0.1, 0.15) is 0 Å². The van der Waals surface area contributed by atoms with E-state index in [0.29, 0.717) is 0 Å². The lowest BCUT2D eigenvalue weighted by Gasteiger charge is -2.14. The Bertz CT molecular complexity index is 577. The Hall–Kier alpha value is 0.130. The molecule has 0 spiro atoms. The molecule has 0 fully saturated rings. The minimum Gasteiger partial charge on any atom is -0.305 e. The second-order valence-electron chi connectivity index (χ2n) is 5.42. The molecule has 2 aromatic rings. The lowest BCUT2D eigenvalue weighted by molar-refractivity contribution is 0.648. The van der Waals surface area contributed by atoms with Gasteiger partial charge in [0.15, 0.2) is 0 Å². The number of nitrogens with one attached hydrogen (secondary N) is 1. The summed E-state index contributed by atoms with van der Waals surface area (Å²) in [4.78, 5) is 4.34. The van der Waals surface area contributed by atoms with Gasteiger partial charge in [-0.05, 0) is 65.9 Å². The summed E-state index contributed by atoms with van der Waals surface area (Å²) in [7, 11) is 0. The van der Waals surface area contributed by atoms with Gasteiger partial charge in [-0.25, -0.2) is 0 Å². The molecule has 1 aliphatic carbocycles. The van der Waals surface area contributed by atoms with E-state index in [0.717, 1.165) is 15.4 Å². The van der Waals surface area contributed by atoms with Crippen LogP contribution in [0.5, 0.6) is 0 Å². The fourth-order valence-electron chi connectivity index (χ4n) is 2.88. The predicted octanol–water partition coefficient (Wildman–Crippen LogP) is 6.19. The molecule has 2 aromatic heterocycles. The van der Waals surface area contributed by atoms with E-state index in [-0.39, 0.29) is 6.04 Å². The number of fused-ring (bicyclic) bond motifs is 1. The van der Waals surface area contributed by atoms with Crippen molar-refractivity contribution in [2.24, 2.45) is 0 Å². The lowest BCUT2D eigenvalue weighted by atomic mass is 10.1. The molecule has 3 rings (SSSR count). The Morgan fingerprint density at radius 2 is 1.95 bits per heavy atom. The number of thiophene rings is 2. The van der Waals surface area contributed by atoms with Crippen LogP contribution in [0.4, 0.5) is 0 Å². The van der Waals surface area contributed by atoms with Crippen LogP contribution in [-0.4, -0.2) is 6.54 Å². The van der Waals surface area contributed by atoms with Gasteiger partial charge in [0.25, 0.3) is 0 Å². The lowest BCUT2D eigenvalue weighted by Crippen LogP contribution is -2.20. The normalized spacial score (nSPS) is 16.5. The van der Waals surface area contributed by atoms with Crippen LogP contribution in [0.3, 0.4) is 0 Å². The zero-order chi connectivity index (χ0) is 14.8. The van der Waals surface area contributed by atoms with Crippen LogP contribution in [-0.2, 0) is 12.8 Å². The van der Waals surface area contributed by atoms with E-state index in [1.807, 2.05) is 11.3 Å². The van der Waals surface area contributed by atoms with Crippen molar-refractivity contribution in [2.45, 2.75) is 45.1 Å². The van der Waals surface area contributed by atoms with E-state index in [4.69, 9.17) is 11.6 Å². The quantitative estimate of drug-likeness (QED) is 0.599. The topological polar surface area (TPSA) is 12.0 Å². The summed E-state index contributed by atoms with van der Waals surface area (Å²) in [6.07, 6.45) is 6.56. The maximum atomic E-state index is 6.22. The Morgan fingerprint density at radius 1 is 1.19 bits per heavy atom. The highest BCUT2D eigenvalue weighted by atomic mass is 79.9. The summed E-state index contributed by atoms with van der Waals surface area (Å²) >= 11 is 13.5. The van der Waals surface area contributed by atoms with Gasteiger partial charge in [-0.3, -0.25) is 0 Å². The van der Waals surface area contributed by atoms with E-state index < -0.39 is 0 Å². The third-order valence-electron chi connectivity index (χ3n) is 3.91. The van der Waals surface area contributed by atoms with Gasteiger partial charge in [-0.2, -0.15) is 0 Å². The Labute approximate surface area is 147 Å². The molecule has 0 aromatic carbocycles. The van der Waals surface area contributed by atoms with Crippen molar-refractivity contribution in [1.29, 1.82) is 0 Å². The minimum absolute atomic E-state index is 0.278. The largest absolute Gasteiger partial charge is 0.305 e. The van der Waals surface area contributed by atoms with E-state index >= 15 is 0 Å². The smallest absolute Gasteiger partial charge is 0.0888 e. The highest BCUT2D eigenvalue weighted by molar-refractivity contribution is 9.11. The molecule has 1 atom stereocenters. The molecule has 1 nitrogen and oxygen atoms in total. The minimum atomic E-state index is 0.278. The van der Waals surface area contributed by atoms with Crippen molar-refractivity contribution in [2.75, 3.05) is 6.54 Å². The van der Waals surface area contributed by atoms with Crippen molar-refractivity contribution in [1.82, 2.24) is 5.32 Å². The summed E-state index contributed by atoms with van der Waals surface area (Å²) in [5.41, 5.74) is 1.58. The van der Waals surface area contributed by atoms with Gasteiger partial charge in [0.2, 0.25) is 0 Å². The summed E-state index contributed by atoms with van der Waals surface area (Å²) in [5.74, 6) is 0. The second kappa shape index (κ2) is 7.14. The van der Waals surface area contributed by atoms with Gasteiger partial charge in [-0.15, -0.1) is 22.7 Å². The fourth-order valence-corrected chi connectivity index (χ4v) is 6.15. The molecule has 0 bridgehead atoms. The number of halogens is 2. The average molecular weight is 405 g/mol. The second-order valence-corrected chi connectivity index (χ2v) is 9.40. The van der Waals surface area contributed by atoms with Crippen molar-refractivity contribution in [3.8, 4) is 0 Å². The summed E-state index contributed by atoms with van der Waals surface area (Å²) < 4.78 is 1.03. The Morgan fingerprint density at radius 3 is 2.67 bits per heavy atom. The van der Waals surface area contributed by atoms with E-state index in [1.54, 1.807) is 21.8 Å². The molecule has 1 N–H and O–H groups in total. The number of hydrogen-bond acceptors (Lipinski definition) is 3. The van der Waals surface area contributed by atoms with Gasteiger partial charge >= 0.3 is 0 Å². The van der Waals surface area contributed by atoms with Crippen LogP contribution < -0.4 is 5.32 Å². The monoisotopic (exact) mass is 403 g/mol. The van der Waals surface area contributed by atoms with Crippen molar-refractivity contribution < 1.29 is 0 Å². The van der Waals surface area contributed by atoms with Gasteiger partial charge in [-0.1, -0.05) is 24.9 Å². The van der Waals surface area contributed by atoms with Crippen molar-refractivity contribution in [3.63, 3.8) is 0 Å². The zero-order valence-electron chi connectivity index (χ0n) is 12.0. The first kappa shape index (κ1) is 16.0. The molecule has 0 saturated carbocycles. The molecular weight excluding hydrogens is 386 g/mol. The van der Waals surface area contributed by atoms with Crippen LogP contribution in [0.25, 0.3) is 0 Å². The third-order valence-corrected chi connectivity index (χ3v) is 7.75. The molecule has 21 heavy (non-hydrogen) atoms. The van der Waals surface area contributed by atoms with E-state index in [1.165, 1.54) is 41.9 Å². The van der Waals surface area contributed by atoms with Crippen LogP contribution in [0.2, 0.25) is 5.02 Å². The maximum absolute atomic E-state index is 6.22. The molecule has 1 aliphatic rings. The van der Waals surface area contributed by atoms with Gasteiger partial charge in [0, 0.05) is 14.6 Å². The molecule has 2 heterocycles. The first-order valence-corrected chi connectivity index (χ1v) is 10.3. The maximum Gasteiger partial charge on any atom is 0.0888 e. The summed E-state index contributed by atoms with van der Waals surface area (Å²) in [6.45, 7) is 3.12. The van der Waals surface area contributed by atoms with Crippen LogP contribution >= 0.6 is 50.2 Å². The molecule has 0 saturated heterocycles. The fraction of sp³-hybridized carbons (Fsp3) is 0.500. The molecule has 1 unspecified atom stereocenters. The first-order valence-electron chi connectivity index (χ1n) is 7.48. The number of aryl methyl sites for hydroxylation is 2. The van der Waals surface area contributed by atoms with Crippen molar-refractivity contribution in [3.05, 3.63) is 41.1 Å². The molecule has 5 heteroatoms. The summed E-state index contributed by atoms with van der Waals surface area (Å²) in [5, 5.41) is 4.44. The standard InChI is InChI=1S/C16H19BrClNS2/c1-2-19-15(14-9-11(18)16(17)21-14)13-8-10-6-4-3-5-7-12(10)20-13/h8-9,15,19H,2-7H2,1H3. The Kier molecular flexibility index (Phi) is 5.44. The van der Waals surface area contributed by atoms with E-state index in [2.05, 4.69) is 40.3 Å². The molecule has 0 amide bonds. The first-order chi connectivity index (χ1) is 10.2. The molecule has 114 valence electrons. The summed E-state index contributed by atoms with van der Waals surface area (Å²) in [6, 6.07) is 4.80. The van der Waals surface area contributed by atoms with Crippen LogP contribution in [0.15, 0.2) is 15.9 Å². The highest BCUT2D eigenvalue weighted by Gasteiger charge is 2.21. The van der Waals surface area contributed by atoms with Crippen molar-refractivity contribution >= 4 is 50.2 Å². The predicted molar refractivity (Wildman–Crippen MR) is 98.1 cm³/mol. The SMILES string of the molecule is CCNC(c1cc(Cl)c(Br)s1)c1cc2c(s1)CCCCC2. The van der Waals surface area contributed by atoms with Gasteiger partial charge < -0.3 is 5.32 Å². The molecule has 0 radical (unpaired) electrons. The number of rotatable bonds is 4. The molecule has 0 aliphatic heterocycles. The highest BCUT2D eigenvalue weighted by Crippen LogP contribution is 2.40.